The third-order valence-corrected chi connectivity index (χ3v) is 7.15. The molecule has 1 heterocycles. The number of fused-ring (bicyclic) bond motifs is 1. The van der Waals surface area contributed by atoms with Crippen molar-refractivity contribution in [1.29, 1.82) is 0 Å². The lowest BCUT2D eigenvalue weighted by molar-refractivity contribution is -0.107. The highest BCUT2D eigenvalue weighted by Crippen LogP contribution is 2.36. The van der Waals surface area contributed by atoms with Gasteiger partial charge in [-0.2, -0.15) is 0 Å². The number of benzene rings is 3. The number of aromatic nitrogens is 1. The molecule has 158 valence electrons. The molecule has 0 bridgehead atoms. The Morgan fingerprint density at radius 3 is 2.42 bits per heavy atom. The summed E-state index contributed by atoms with van der Waals surface area (Å²) in [7, 11) is -2.31. The summed E-state index contributed by atoms with van der Waals surface area (Å²) >= 11 is 0. The normalized spacial score (nSPS) is 11.5. The van der Waals surface area contributed by atoms with E-state index in [1.807, 2.05) is 37.3 Å². The largest absolute Gasteiger partial charge is 0.497 e. The Morgan fingerprint density at radius 2 is 1.74 bits per heavy atom. The average molecular weight is 434 g/mol. The van der Waals surface area contributed by atoms with Crippen LogP contribution in [0.1, 0.15) is 18.1 Å². The molecule has 0 radical (unpaired) electrons. The van der Waals surface area contributed by atoms with Gasteiger partial charge in [-0.15, -0.1) is 0 Å². The van der Waals surface area contributed by atoms with Crippen LogP contribution >= 0.6 is 0 Å². The first kappa shape index (κ1) is 20.9. The minimum atomic E-state index is -3.88. The Bertz CT molecular complexity index is 1360. The number of methoxy groups -OCH3 is 1. The number of hydrogen-bond donors (Lipinski definition) is 0. The zero-order valence-corrected chi connectivity index (χ0v) is 18.2. The van der Waals surface area contributed by atoms with Gasteiger partial charge in [0.1, 0.15) is 12.0 Å². The Kier molecular flexibility index (Phi) is 5.65. The van der Waals surface area contributed by atoms with E-state index in [4.69, 9.17) is 4.74 Å². The number of aldehydes is 1. The van der Waals surface area contributed by atoms with Gasteiger partial charge < -0.3 is 9.53 Å². The van der Waals surface area contributed by atoms with Gasteiger partial charge in [0.15, 0.2) is 0 Å². The van der Waals surface area contributed by atoms with E-state index >= 15 is 0 Å². The van der Waals surface area contributed by atoms with Crippen molar-refractivity contribution in [2.75, 3.05) is 7.11 Å². The highest BCUT2D eigenvalue weighted by atomic mass is 32.2. The van der Waals surface area contributed by atoms with Crippen molar-refractivity contribution in [2.24, 2.45) is 0 Å². The van der Waals surface area contributed by atoms with Crippen molar-refractivity contribution in [2.45, 2.75) is 24.7 Å². The molecule has 6 heteroatoms. The molecule has 0 N–H and O–H groups in total. The van der Waals surface area contributed by atoms with Gasteiger partial charge in [0.2, 0.25) is 0 Å². The molecule has 0 aliphatic heterocycles. The van der Waals surface area contributed by atoms with E-state index in [9.17, 15) is 13.2 Å². The molecule has 4 rings (SSSR count). The topological polar surface area (TPSA) is 65.4 Å². The van der Waals surface area contributed by atoms with Crippen LogP contribution in [-0.2, 0) is 27.7 Å². The standard InChI is InChI=1S/C25H23NO4S/c1-3-18-9-10-19(13-14-27)23(15-18)25-17-20-16-21(30-2)11-12-24(20)26(25)31(28,29)22-7-5-4-6-8-22/h4-12,14-17H,3,13H2,1-2H3. The lowest BCUT2D eigenvalue weighted by Gasteiger charge is -2.15. The molecule has 0 spiro atoms. The number of nitrogens with zero attached hydrogens (tertiary/aromatic N) is 1. The van der Waals surface area contributed by atoms with Crippen molar-refractivity contribution in [1.82, 2.24) is 3.97 Å². The quantitative estimate of drug-likeness (QED) is 0.391. The van der Waals surface area contributed by atoms with Crippen LogP contribution in [0.15, 0.2) is 77.7 Å². The molecule has 1 aromatic heterocycles. The van der Waals surface area contributed by atoms with Crippen molar-refractivity contribution >= 4 is 27.2 Å². The summed E-state index contributed by atoms with van der Waals surface area (Å²) in [5.41, 5.74) is 3.67. The lowest BCUT2D eigenvalue weighted by atomic mass is 9.98. The number of rotatable bonds is 7. The van der Waals surface area contributed by atoms with Crippen LogP contribution in [0.2, 0.25) is 0 Å². The summed E-state index contributed by atoms with van der Waals surface area (Å²) in [4.78, 5) is 11.5. The third-order valence-electron chi connectivity index (χ3n) is 5.41. The summed E-state index contributed by atoms with van der Waals surface area (Å²) in [6, 6.07) is 21.4. The molecule has 0 aliphatic rings. The summed E-state index contributed by atoms with van der Waals surface area (Å²) < 4.78 is 34.2. The first-order valence-corrected chi connectivity index (χ1v) is 11.5. The lowest BCUT2D eigenvalue weighted by Crippen LogP contribution is -2.14. The van der Waals surface area contributed by atoms with Gasteiger partial charge in [0.05, 0.1) is 23.2 Å². The molecule has 0 saturated heterocycles. The Labute approximate surface area is 182 Å². The monoisotopic (exact) mass is 433 g/mol. The van der Waals surface area contributed by atoms with Gasteiger partial charge in [0.25, 0.3) is 10.0 Å². The van der Waals surface area contributed by atoms with Crippen LogP contribution in [-0.4, -0.2) is 25.8 Å². The molecule has 0 saturated carbocycles. The number of hydrogen-bond acceptors (Lipinski definition) is 4. The fourth-order valence-electron chi connectivity index (χ4n) is 3.79. The Balaban J connectivity index is 2.09. The van der Waals surface area contributed by atoms with Crippen molar-refractivity contribution in [3.05, 3.63) is 83.9 Å². The summed E-state index contributed by atoms with van der Waals surface area (Å²) in [5, 5.41) is 0.743. The molecule has 31 heavy (non-hydrogen) atoms. The zero-order valence-electron chi connectivity index (χ0n) is 17.4. The van der Waals surface area contributed by atoms with Crippen LogP contribution in [0.25, 0.3) is 22.2 Å². The van der Waals surface area contributed by atoms with Crippen LogP contribution in [0.4, 0.5) is 0 Å². The second-order valence-corrected chi connectivity index (χ2v) is 9.04. The van der Waals surface area contributed by atoms with Gasteiger partial charge in [-0.1, -0.05) is 37.3 Å². The van der Waals surface area contributed by atoms with Gasteiger partial charge in [-0.25, -0.2) is 12.4 Å². The van der Waals surface area contributed by atoms with E-state index in [1.165, 1.54) is 3.97 Å². The smallest absolute Gasteiger partial charge is 0.268 e. The van der Waals surface area contributed by atoms with Gasteiger partial charge in [-0.05, 0) is 60.0 Å². The fraction of sp³-hybridized carbons (Fsp3) is 0.160. The molecule has 0 unspecified atom stereocenters. The van der Waals surface area contributed by atoms with Gasteiger partial charge >= 0.3 is 0 Å². The maximum atomic E-state index is 13.7. The van der Waals surface area contributed by atoms with Gasteiger partial charge in [-0.3, -0.25) is 0 Å². The Morgan fingerprint density at radius 1 is 0.968 bits per heavy atom. The molecule has 3 aromatic carbocycles. The molecular weight excluding hydrogens is 410 g/mol. The Hall–Kier alpha value is -3.38. The molecule has 0 aliphatic carbocycles. The number of aryl methyl sites for hydroxylation is 1. The molecule has 5 nitrogen and oxygen atoms in total. The molecule has 4 aromatic rings. The molecule has 0 atom stereocenters. The predicted molar refractivity (Wildman–Crippen MR) is 122 cm³/mol. The average Bonchev–Trinajstić information content (AvgIpc) is 3.19. The number of carbonyl (C=O) groups is 1. The highest BCUT2D eigenvalue weighted by molar-refractivity contribution is 7.90. The maximum Gasteiger partial charge on any atom is 0.268 e. The highest BCUT2D eigenvalue weighted by Gasteiger charge is 2.25. The van der Waals surface area contributed by atoms with Crippen LogP contribution < -0.4 is 4.74 Å². The number of carbonyl (C=O) groups excluding carboxylic acids is 1. The first-order chi connectivity index (χ1) is 15.0. The summed E-state index contributed by atoms with van der Waals surface area (Å²) in [5.74, 6) is 0.642. The van der Waals surface area contributed by atoms with Crippen molar-refractivity contribution in [3.8, 4) is 17.0 Å². The summed E-state index contributed by atoms with van der Waals surface area (Å²) in [6.07, 6.45) is 1.84. The summed E-state index contributed by atoms with van der Waals surface area (Å²) in [6.45, 7) is 2.04. The van der Waals surface area contributed by atoms with Gasteiger partial charge in [0, 0.05) is 17.4 Å². The van der Waals surface area contributed by atoms with Crippen LogP contribution in [0, 0.1) is 0 Å². The first-order valence-electron chi connectivity index (χ1n) is 10.1. The van der Waals surface area contributed by atoms with E-state index in [0.29, 0.717) is 17.0 Å². The maximum absolute atomic E-state index is 13.7. The van der Waals surface area contributed by atoms with E-state index in [0.717, 1.165) is 34.8 Å². The molecular formula is C25H23NO4S. The predicted octanol–water partition coefficient (Wildman–Crippen LogP) is 4.86. The molecule has 0 amide bonds. The SMILES string of the molecule is CCc1ccc(CC=O)c(-c2cc3cc(OC)ccc3n2S(=O)(=O)c2ccccc2)c1. The second kappa shape index (κ2) is 8.40. The molecule has 0 fully saturated rings. The minimum Gasteiger partial charge on any atom is -0.497 e. The minimum absolute atomic E-state index is 0.202. The fourth-order valence-corrected chi connectivity index (χ4v) is 5.34. The van der Waals surface area contributed by atoms with E-state index in [-0.39, 0.29) is 11.3 Å². The van der Waals surface area contributed by atoms with Crippen LogP contribution in [0.5, 0.6) is 5.75 Å². The van der Waals surface area contributed by atoms with E-state index < -0.39 is 10.0 Å². The van der Waals surface area contributed by atoms with Crippen molar-refractivity contribution in [3.63, 3.8) is 0 Å². The van der Waals surface area contributed by atoms with E-state index in [2.05, 4.69) is 0 Å². The second-order valence-electron chi connectivity index (χ2n) is 7.25. The van der Waals surface area contributed by atoms with Crippen LogP contribution in [0.3, 0.4) is 0 Å². The van der Waals surface area contributed by atoms with E-state index in [1.54, 1.807) is 49.6 Å². The third kappa shape index (κ3) is 3.75. The zero-order chi connectivity index (χ0) is 22.0. The van der Waals surface area contributed by atoms with Crippen molar-refractivity contribution < 1.29 is 17.9 Å². The number of ether oxygens (including phenoxy) is 1.